The molecule has 1 fully saturated rings. The Bertz CT molecular complexity index is 303. The molecule has 0 spiro atoms. The molecule has 0 N–H and O–H groups in total. The van der Waals surface area contributed by atoms with E-state index in [1.165, 1.54) is 4.58 Å². The molecule has 0 amide bonds. The van der Waals surface area contributed by atoms with Crippen LogP contribution in [0.4, 0.5) is 29.6 Å². The normalized spacial score (nSPS) is 20.2. The summed E-state index contributed by atoms with van der Waals surface area (Å²) in [6.45, 7) is 2.57. The van der Waals surface area contributed by atoms with Crippen molar-refractivity contribution in [3.8, 4) is 0 Å². The van der Waals surface area contributed by atoms with Gasteiger partial charge in [0.15, 0.2) is 0 Å². The van der Waals surface area contributed by atoms with Crippen molar-refractivity contribution >= 4 is 13.9 Å². The van der Waals surface area contributed by atoms with Gasteiger partial charge >= 0.3 is 39.1 Å². The molecule has 1 aliphatic heterocycles. The molecule has 0 atom stereocenters. The summed E-state index contributed by atoms with van der Waals surface area (Å²) in [6, 6.07) is 0. The molecule has 18 heavy (non-hydrogen) atoms. The molecule has 0 bridgehead atoms. The zero-order valence-electron chi connectivity index (χ0n) is 9.72. The van der Waals surface area contributed by atoms with Gasteiger partial charge in [-0.25, -0.2) is 9.48 Å². The van der Waals surface area contributed by atoms with Crippen LogP contribution in [0.3, 0.4) is 0 Å². The Morgan fingerprint density at radius 3 is 1.61 bits per heavy atom. The number of ether oxygens (including phenoxy) is 1. The summed E-state index contributed by atoms with van der Waals surface area (Å²) in [5.41, 5.74) is 0. The molecular weight excluding hydrogens is 292 g/mol. The Kier molecular flexibility index (Phi) is 4.64. The summed E-state index contributed by atoms with van der Waals surface area (Å²) in [5, 5.41) is 0. The first-order valence-corrected chi connectivity index (χ1v) is 6.78. The molecule has 0 aromatic rings. The van der Waals surface area contributed by atoms with Crippen LogP contribution in [0.1, 0.15) is 0 Å². The third-order valence-corrected chi connectivity index (χ3v) is 1.64. The maximum atomic E-state index is 13.1. The van der Waals surface area contributed by atoms with E-state index in [0.717, 1.165) is 0 Å². The second kappa shape index (κ2) is 4.80. The maximum absolute atomic E-state index is 13.1. The molecule has 0 unspecified atom stereocenters. The van der Waals surface area contributed by atoms with Crippen LogP contribution in [-0.4, -0.2) is 56.0 Å². The molecule has 0 aliphatic carbocycles. The molecule has 0 aromatic heterocycles. The van der Waals surface area contributed by atoms with Crippen LogP contribution in [-0.2, 0) is 4.74 Å². The summed E-state index contributed by atoms with van der Waals surface area (Å²) < 4.78 is 78.9. The van der Waals surface area contributed by atoms with Crippen molar-refractivity contribution < 1.29 is 38.9 Å². The van der Waals surface area contributed by atoms with Gasteiger partial charge in [0.05, 0.1) is 27.3 Å². The second-order valence-electron chi connectivity index (χ2n) is 3.72. The van der Waals surface area contributed by atoms with Gasteiger partial charge in [-0.3, -0.25) is 0 Å². The summed E-state index contributed by atoms with van der Waals surface area (Å²) in [6.07, 6.45) is -0.173. The van der Waals surface area contributed by atoms with Gasteiger partial charge in [0.2, 0.25) is 0 Å². The Labute approximate surface area is 99.1 Å². The monoisotopic (exact) mass is 306 g/mol. The number of nitrogens with zero attached hydrogens (tertiary/aromatic N) is 2. The van der Waals surface area contributed by atoms with Crippen LogP contribution in [0, 0.1) is 0 Å². The first-order valence-electron chi connectivity index (χ1n) is 4.75. The molecule has 112 valence electrons. The Balaban J connectivity index is 0.000000360. The average molecular weight is 306 g/mol. The zero-order chi connectivity index (χ0) is 14.7. The first kappa shape index (κ1) is 17.4. The van der Waals surface area contributed by atoms with Crippen molar-refractivity contribution in [3.05, 3.63) is 0 Å². The van der Waals surface area contributed by atoms with Crippen molar-refractivity contribution in [3.63, 3.8) is 0 Å². The molecule has 0 aromatic carbocycles. The van der Waals surface area contributed by atoms with Gasteiger partial charge in [0.25, 0.3) is 0 Å². The van der Waals surface area contributed by atoms with Crippen LogP contribution in [0.2, 0.25) is 0 Å². The van der Waals surface area contributed by atoms with Crippen molar-refractivity contribution in [2.45, 2.75) is 0 Å². The van der Waals surface area contributed by atoms with Crippen molar-refractivity contribution in [2.24, 2.45) is 0 Å². The molecule has 1 aliphatic rings. The van der Waals surface area contributed by atoms with Crippen LogP contribution in [0.5, 0.6) is 0 Å². The third kappa shape index (κ3) is 13.4. The number of rotatable bonds is 0. The predicted molar refractivity (Wildman–Crippen MR) is 54.2 cm³/mol. The molecule has 0 radical (unpaired) electrons. The van der Waals surface area contributed by atoms with Gasteiger partial charge in [-0.05, 0) is 0 Å². The number of hydrogen-bond donors (Lipinski definition) is 0. The van der Waals surface area contributed by atoms with Crippen LogP contribution >= 0.6 is 7.81 Å². The second-order valence-corrected chi connectivity index (χ2v) is 5.64. The Hall–Kier alpha value is -0.630. The van der Waals surface area contributed by atoms with Gasteiger partial charge in [0, 0.05) is 0 Å². The van der Waals surface area contributed by atoms with E-state index in [1.54, 1.807) is 19.0 Å². The number of amidine groups is 1. The van der Waals surface area contributed by atoms with Gasteiger partial charge < -0.3 is 4.74 Å². The van der Waals surface area contributed by atoms with Gasteiger partial charge in [0.1, 0.15) is 13.1 Å². The van der Waals surface area contributed by atoms with Crippen LogP contribution < -0.4 is 0 Å². The minimum atomic E-state index is -10.7. The van der Waals surface area contributed by atoms with Crippen LogP contribution in [0.15, 0.2) is 0 Å². The van der Waals surface area contributed by atoms with E-state index in [-0.39, 0.29) is 6.09 Å². The Morgan fingerprint density at radius 1 is 1.00 bits per heavy atom. The molecule has 3 nitrogen and oxygen atoms in total. The molecule has 11 heteroatoms. The van der Waals surface area contributed by atoms with Crippen molar-refractivity contribution in [1.82, 2.24) is 4.90 Å². The van der Waals surface area contributed by atoms with E-state index in [1.807, 2.05) is 0 Å². The van der Waals surface area contributed by atoms with Crippen LogP contribution in [0.25, 0.3) is 0 Å². The molecule has 1 saturated heterocycles. The van der Waals surface area contributed by atoms with E-state index < -0.39 is 7.81 Å². The molecule has 1 heterocycles. The predicted octanol–water partition coefficient (Wildman–Crippen LogP) is 3.30. The third-order valence-electron chi connectivity index (χ3n) is 1.64. The quantitative estimate of drug-likeness (QED) is 0.170. The summed E-state index contributed by atoms with van der Waals surface area (Å²) in [4.78, 5) is 1.68. The SMILES string of the molecule is C[N+](C)=C(F)N1CCOCC1.F[P-](F)(F)(F)(F)F. The summed E-state index contributed by atoms with van der Waals surface area (Å²) in [7, 11) is -7.26. The Morgan fingerprint density at radius 2 is 1.33 bits per heavy atom. The number of halogens is 7. The molecular formula is C7H14F7N2OP. The average Bonchev–Trinajstić information content (AvgIpc) is 2.13. The fraction of sp³-hybridized carbons (Fsp3) is 0.857. The zero-order valence-corrected chi connectivity index (χ0v) is 10.6. The van der Waals surface area contributed by atoms with Gasteiger partial charge in [-0.1, -0.05) is 0 Å². The standard InChI is InChI=1S/C7H14FN2O.F6P/c1-9(2)7(8)10-3-5-11-6-4-10;1-7(2,3,4,5)6/h3-6H2,1-2H3;/q+1;-1. The van der Waals surface area contributed by atoms with Crippen molar-refractivity contribution in [2.75, 3.05) is 40.4 Å². The topological polar surface area (TPSA) is 15.5 Å². The summed E-state index contributed by atoms with van der Waals surface area (Å²) in [5.74, 6) is 0. The van der Waals surface area contributed by atoms with Gasteiger partial charge in [-0.2, -0.15) is 0 Å². The fourth-order valence-electron chi connectivity index (χ4n) is 1.03. The fourth-order valence-corrected chi connectivity index (χ4v) is 1.03. The van der Waals surface area contributed by atoms with E-state index >= 15 is 0 Å². The van der Waals surface area contributed by atoms with E-state index in [9.17, 15) is 29.6 Å². The molecule has 0 saturated carbocycles. The van der Waals surface area contributed by atoms with E-state index in [4.69, 9.17) is 4.74 Å². The van der Waals surface area contributed by atoms with E-state index in [2.05, 4.69) is 0 Å². The van der Waals surface area contributed by atoms with Crippen molar-refractivity contribution in [1.29, 1.82) is 0 Å². The van der Waals surface area contributed by atoms with Gasteiger partial charge in [-0.15, -0.1) is 4.39 Å². The molecule has 1 rings (SSSR count). The number of morpholine rings is 1. The summed E-state index contributed by atoms with van der Waals surface area (Å²) >= 11 is 0. The first-order chi connectivity index (χ1) is 7.66. The minimum absolute atomic E-state index is 0.173. The number of hydrogen-bond acceptors (Lipinski definition) is 1. The van der Waals surface area contributed by atoms with E-state index in [0.29, 0.717) is 26.3 Å².